The Morgan fingerprint density at radius 1 is 1.43 bits per heavy atom. The van der Waals surface area contributed by atoms with Crippen LogP contribution in [0.2, 0.25) is 22.5 Å². The Morgan fingerprint density at radius 3 is 1.86 bits per heavy atom. The molecule has 1 heteroatoms. The van der Waals surface area contributed by atoms with Crippen molar-refractivity contribution < 1.29 is 0 Å². The molecule has 0 N–H and O–H groups in total. The maximum atomic E-state index is 3.69. The molecule has 42 valence electrons. The molecule has 0 atom stereocenters. The molecule has 0 aromatic rings. The summed E-state index contributed by atoms with van der Waals surface area (Å²) in [5, 5.41) is 1.29. The third-order valence-electron chi connectivity index (χ3n) is 0.757. The minimum atomic E-state index is -1.20. The Labute approximate surface area is 49.0 Å². The molecule has 0 bridgehead atoms. The summed E-state index contributed by atoms with van der Waals surface area (Å²) in [5.74, 6) is 7.17. The molecule has 0 aromatic heterocycles. The summed E-state index contributed by atoms with van der Waals surface area (Å²) in [5.41, 5.74) is 0. The number of allylic oxidation sites excluding steroid dienone is 1. The Balaban J connectivity index is 3.34. The summed E-state index contributed by atoms with van der Waals surface area (Å²) in [4.78, 5) is 0. The van der Waals surface area contributed by atoms with E-state index in [0.29, 0.717) is 0 Å². The van der Waals surface area contributed by atoms with Crippen molar-refractivity contribution in [3.8, 4) is 0 Å². The molecule has 0 heterocycles. The van der Waals surface area contributed by atoms with E-state index < -0.39 is 13.3 Å². The van der Waals surface area contributed by atoms with Crippen LogP contribution in [0.5, 0.6) is 0 Å². The standard InChI is InChI=1S/C6H14Ge/c1-5-6-7(2,3)4/h5H,1,6H2,2-4H3. The van der Waals surface area contributed by atoms with Crippen LogP contribution in [-0.4, -0.2) is 13.3 Å². The minimum absolute atomic E-state index is 1.20. The van der Waals surface area contributed by atoms with Gasteiger partial charge in [-0.15, -0.1) is 0 Å². The van der Waals surface area contributed by atoms with E-state index in [9.17, 15) is 0 Å². The SMILES string of the molecule is C=C[CH2][Ge]([CH3])([CH3])[CH3]. The summed E-state index contributed by atoms with van der Waals surface area (Å²) in [6.07, 6.45) is 2.04. The third-order valence-corrected chi connectivity index (χ3v) is 3.93. The third kappa shape index (κ3) is 6.28. The van der Waals surface area contributed by atoms with Gasteiger partial charge in [-0.25, -0.2) is 0 Å². The van der Waals surface area contributed by atoms with Gasteiger partial charge in [-0.05, 0) is 0 Å². The molecular weight excluding hydrogens is 145 g/mol. The van der Waals surface area contributed by atoms with E-state index in [4.69, 9.17) is 0 Å². The quantitative estimate of drug-likeness (QED) is 0.428. The van der Waals surface area contributed by atoms with Crippen molar-refractivity contribution >= 4 is 13.3 Å². The summed E-state index contributed by atoms with van der Waals surface area (Å²) in [7, 11) is 0. The fourth-order valence-electron chi connectivity index (χ4n) is 0.433. The zero-order chi connectivity index (χ0) is 5.91. The summed E-state index contributed by atoms with van der Waals surface area (Å²) >= 11 is -1.20. The van der Waals surface area contributed by atoms with Crippen LogP contribution >= 0.6 is 0 Å². The molecule has 0 aliphatic rings. The fraction of sp³-hybridized carbons (Fsp3) is 0.667. The van der Waals surface area contributed by atoms with Gasteiger partial charge < -0.3 is 0 Å². The Kier molecular flexibility index (Phi) is 2.66. The van der Waals surface area contributed by atoms with Gasteiger partial charge in [0.2, 0.25) is 0 Å². The van der Waals surface area contributed by atoms with Crippen molar-refractivity contribution in [3.05, 3.63) is 12.7 Å². The van der Waals surface area contributed by atoms with E-state index in [0.717, 1.165) is 0 Å². The molecular formula is C6H14Ge. The molecule has 0 unspecified atom stereocenters. The van der Waals surface area contributed by atoms with E-state index >= 15 is 0 Å². The predicted molar refractivity (Wildman–Crippen MR) is 38.4 cm³/mol. The topological polar surface area (TPSA) is 0 Å². The van der Waals surface area contributed by atoms with Crippen molar-refractivity contribution in [2.24, 2.45) is 0 Å². The van der Waals surface area contributed by atoms with Crippen LogP contribution in [0.3, 0.4) is 0 Å². The van der Waals surface area contributed by atoms with E-state index in [-0.39, 0.29) is 0 Å². The number of rotatable bonds is 2. The van der Waals surface area contributed by atoms with Crippen LogP contribution in [0.4, 0.5) is 0 Å². The van der Waals surface area contributed by atoms with Crippen LogP contribution < -0.4 is 0 Å². The molecule has 0 saturated heterocycles. The summed E-state index contributed by atoms with van der Waals surface area (Å²) < 4.78 is 0. The molecule has 7 heavy (non-hydrogen) atoms. The van der Waals surface area contributed by atoms with Gasteiger partial charge in [0.15, 0.2) is 0 Å². The normalized spacial score (nSPS) is 11.3. The van der Waals surface area contributed by atoms with E-state index in [1.807, 2.05) is 6.08 Å². The van der Waals surface area contributed by atoms with E-state index in [2.05, 4.69) is 23.8 Å². The zero-order valence-corrected chi connectivity index (χ0v) is 7.59. The molecule has 0 aliphatic carbocycles. The van der Waals surface area contributed by atoms with E-state index in [1.54, 1.807) is 0 Å². The fourth-order valence-corrected chi connectivity index (χ4v) is 2.25. The maximum absolute atomic E-state index is 3.69. The second-order valence-corrected chi connectivity index (χ2v) is 14.7. The first kappa shape index (κ1) is 7.28. The van der Waals surface area contributed by atoms with Gasteiger partial charge in [-0.3, -0.25) is 0 Å². The average Bonchev–Trinajstić information content (AvgIpc) is 1.30. The zero-order valence-electron chi connectivity index (χ0n) is 5.49. The summed E-state index contributed by atoms with van der Waals surface area (Å²) in [6.45, 7) is 3.69. The molecule has 0 amide bonds. The first-order valence-electron chi connectivity index (χ1n) is 2.67. The van der Waals surface area contributed by atoms with Crippen molar-refractivity contribution in [3.63, 3.8) is 0 Å². The second kappa shape index (κ2) is 2.56. The Bertz CT molecular complexity index is 59.1. The first-order valence-corrected chi connectivity index (χ1v) is 10.4. The second-order valence-electron chi connectivity index (χ2n) is 3.05. The van der Waals surface area contributed by atoms with Crippen molar-refractivity contribution in [1.82, 2.24) is 0 Å². The predicted octanol–water partition coefficient (Wildman–Crippen LogP) is 2.51. The van der Waals surface area contributed by atoms with Gasteiger partial charge in [0.1, 0.15) is 0 Å². The number of hydrogen-bond acceptors (Lipinski definition) is 0. The average molecular weight is 159 g/mol. The summed E-state index contributed by atoms with van der Waals surface area (Å²) in [6, 6.07) is 0. The van der Waals surface area contributed by atoms with Crippen LogP contribution in [0.1, 0.15) is 0 Å². The molecule has 0 saturated carbocycles. The monoisotopic (exact) mass is 160 g/mol. The van der Waals surface area contributed by atoms with E-state index in [1.165, 1.54) is 5.25 Å². The molecule has 0 aromatic carbocycles. The van der Waals surface area contributed by atoms with Gasteiger partial charge in [-0.1, -0.05) is 0 Å². The van der Waals surface area contributed by atoms with Crippen LogP contribution in [0, 0.1) is 0 Å². The number of hydrogen-bond donors (Lipinski definition) is 0. The van der Waals surface area contributed by atoms with Crippen LogP contribution in [0.25, 0.3) is 0 Å². The molecule has 0 aliphatic heterocycles. The van der Waals surface area contributed by atoms with Gasteiger partial charge in [0.05, 0.1) is 0 Å². The Morgan fingerprint density at radius 2 is 1.86 bits per heavy atom. The van der Waals surface area contributed by atoms with Crippen molar-refractivity contribution in [2.75, 3.05) is 0 Å². The van der Waals surface area contributed by atoms with Crippen molar-refractivity contribution in [2.45, 2.75) is 22.5 Å². The van der Waals surface area contributed by atoms with Gasteiger partial charge in [0.25, 0.3) is 0 Å². The van der Waals surface area contributed by atoms with Gasteiger partial charge in [0, 0.05) is 0 Å². The molecule has 0 nitrogen and oxygen atoms in total. The Hall–Kier alpha value is 0.283. The van der Waals surface area contributed by atoms with Crippen molar-refractivity contribution in [1.29, 1.82) is 0 Å². The van der Waals surface area contributed by atoms with Gasteiger partial charge >= 0.3 is 48.4 Å². The van der Waals surface area contributed by atoms with Gasteiger partial charge in [-0.2, -0.15) is 0 Å². The molecule has 0 rings (SSSR count). The molecule has 0 radical (unpaired) electrons. The van der Waals surface area contributed by atoms with Crippen LogP contribution in [-0.2, 0) is 0 Å². The van der Waals surface area contributed by atoms with Crippen LogP contribution in [0.15, 0.2) is 12.7 Å². The molecule has 0 spiro atoms. The first-order chi connectivity index (χ1) is 3.06. The molecule has 0 fully saturated rings.